The smallest absolute Gasteiger partial charge is 0.108 e. The second-order valence-corrected chi connectivity index (χ2v) is 6.49. The Bertz CT molecular complexity index is 581. The van der Waals surface area contributed by atoms with Crippen LogP contribution in [0.2, 0.25) is 0 Å². The predicted octanol–water partition coefficient (Wildman–Crippen LogP) is 2.46. The molecule has 0 spiro atoms. The van der Waals surface area contributed by atoms with Gasteiger partial charge in [-0.1, -0.05) is 18.1 Å². The Balaban J connectivity index is 1.57. The summed E-state index contributed by atoms with van der Waals surface area (Å²) in [6.07, 6.45) is 10.3. The second-order valence-electron chi connectivity index (χ2n) is 6.49. The maximum Gasteiger partial charge on any atom is 0.108 e. The molecule has 0 radical (unpaired) electrons. The average molecular weight is 318 g/mol. The molecular weight excluding hydrogens is 292 g/mol. The van der Waals surface area contributed by atoms with Crippen LogP contribution in [0.3, 0.4) is 0 Å². The van der Waals surface area contributed by atoms with E-state index in [9.17, 15) is 5.11 Å². The third-order valence-electron chi connectivity index (χ3n) is 4.69. The number of nitrogens with zero attached hydrogens (tertiary/aromatic N) is 3. The molecule has 2 N–H and O–H groups in total. The zero-order chi connectivity index (χ0) is 16.1. The van der Waals surface area contributed by atoms with Gasteiger partial charge in [0, 0.05) is 18.5 Å². The molecule has 6 heteroatoms. The zero-order valence-electron chi connectivity index (χ0n) is 13.7. The molecule has 1 aliphatic carbocycles. The molecule has 0 saturated heterocycles. The first-order chi connectivity index (χ1) is 11.3. The van der Waals surface area contributed by atoms with Crippen molar-refractivity contribution in [3.63, 3.8) is 0 Å². The molecule has 0 amide bonds. The van der Waals surface area contributed by atoms with Gasteiger partial charge in [-0.2, -0.15) is 0 Å². The lowest BCUT2D eigenvalue weighted by atomic mass is 9.89. The summed E-state index contributed by atoms with van der Waals surface area (Å²) in [4.78, 5) is 0. The summed E-state index contributed by atoms with van der Waals surface area (Å²) in [7, 11) is 0. The van der Waals surface area contributed by atoms with Crippen molar-refractivity contribution in [2.24, 2.45) is 0 Å². The molecule has 3 rings (SSSR count). The number of rotatable bonds is 7. The van der Waals surface area contributed by atoms with Gasteiger partial charge in [0.15, 0.2) is 0 Å². The summed E-state index contributed by atoms with van der Waals surface area (Å²) in [5.41, 5.74) is 0.639. The van der Waals surface area contributed by atoms with Crippen LogP contribution in [0.5, 0.6) is 0 Å². The molecule has 1 fully saturated rings. The van der Waals surface area contributed by atoms with Crippen molar-refractivity contribution in [1.82, 2.24) is 20.3 Å². The Morgan fingerprint density at radius 2 is 2.30 bits per heavy atom. The van der Waals surface area contributed by atoms with Crippen molar-refractivity contribution < 1.29 is 9.52 Å². The molecule has 2 heterocycles. The highest BCUT2D eigenvalue weighted by molar-refractivity contribution is 4.99. The van der Waals surface area contributed by atoms with E-state index in [1.165, 1.54) is 12.8 Å². The third kappa shape index (κ3) is 4.20. The summed E-state index contributed by atoms with van der Waals surface area (Å²) >= 11 is 0. The lowest BCUT2D eigenvalue weighted by Crippen LogP contribution is -2.44. The number of aryl methyl sites for hydroxylation is 1. The first kappa shape index (κ1) is 16.2. The van der Waals surface area contributed by atoms with Crippen LogP contribution in [0.4, 0.5) is 0 Å². The minimum Gasteiger partial charge on any atom is -0.469 e. The van der Waals surface area contributed by atoms with Gasteiger partial charge in [0.05, 0.1) is 25.1 Å². The number of nitrogens with one attached hydrogen (secondary N) is 1. The van der Waals surface area contributed by atoms with Crippen molar-refractivity contribution in [2.45, 2.75) is 70.2 Å². The molecule has 2 aromatic rings. The van der Waals surface area contributed by atoms with Gasteiger partial charge >= 0.3 is 0 Å². The summed E-state index contributed by atoms with van der Waals surface area (Å²) in [5, 5.41) is 21.2. The van der Waals surface area contributed by atoms with E-state index in [0.29, 0.717) is 23.8 Å². The lowest BCUT2D eigenvalue weighted by molar-refractivity contribution is 0.226. The van der Waals surface area contributed by atoms with Crippen molar-refractivity contribution in [1.29, 1.82) is 0 Å². The van der Waals surface area contributed by atoms with E-state index in [1.54, 1.807) is 6.26 Å². The van der Waals surface area contributed by atoms with Crippen LogP contribution in [0.15, 0.2) is 29.0 Å². The largest absolute Gasteiger partial charge is 0.469 e. The van der Waals surface area contributed by atoms with Crippen molar-refractivity contribution in [3.05, 3.63) is 36.0 Å². The molecule has 0 aromatic carbocycles. The molecule has 0 bridgehead atoms. The van der Waals surface area contributed by atoms with Crippen LogP contribution in [0.25, 0.3) is 0 Å². The number of hydrogen-bond donors (Lipinski definition) is 2. The van der Waals surface area contributed by atoms with Crippen LogP contribution in [0, 0.1) is 0 Å². The van der Waals surface area contributed by atoms with Crippen LogP contribution in [-0.4, -0.2) is 32.2 Å². The first-order valence-corrected chi connectivity index (χ1v) is 8.56. The van der Waals surface area contributed by atoms with Crippen LogP contribution in [0.1, 0.15) is 56.5 Å². The molecule has 126 valence electrons. The monoisotopic (exact) mass is 318 g/mol. The molecule has 1 unspecified atom stereocenters. The number of aliphatic hydroxyl groups is 1. The number of hydrogen-bond acceptors (Lipinski definition) is 5. The highest BCUT2D eigenvalue weighted by Gasteiger charge is 2.28. The highest BCUT2D eigenvalue weighted by atomic mass is 16.3. The molecule has 3 atom stereocenters. The van der Waals surface area contributed by atoms with Crippen molar-refractivity contribution in [2.75, 3.05) is 0 Å². The molecule has 1 aliphatic rings. The van der Waals surface area contributed by atoms with Gasteiger partial charge in [-0.05, 0) is 38.3 Å². The number of aliphatic hydroxyl groups excluding tert-OH is 1. The first-order valence-electron chi connectivity index (χ1n) is 8.56. The maximum atomic E-state index is 9.18. The normalized spacial score (nSPS) is 23.0. The molecule has 6 nitrogen and oxygen atoms in total. The van der Waals surface area contributed by atoms with Crippen LogP contribution < -0.4 is 5.32 Å². The minimum absolute atomic E-state index is 0.0512. The third-order valence-corrected chi connectivity index (χ3v) is 4.69. The van der Waals surface area contributed by atoms with Crippen LogP contribution >= 0.6 is 0 Å². The van der Waals surface area contributed by atoms with E-state index in [0.717, 1.165) is 31.4 Å². The summed E-state index contributed by atoms with van der Waals surface area (Å²) in [6, 6.07) is 5.12. The molecule has 1 saturated carbocycles. The van der Waals surface area contributed by atoms with E-state index in [1.807, 2.05) is 23.0 Å². The fraction of sp³-hybridized carbons (Fsp3) is 0.647. The van der Waals surface area contributed by atoms with Gasteiger partial charge in [0.2, 0.25) is 0 Å². The van der Waals surface area contributed by atoms with Crippen LogP contribution in [-0.2, 0) is 13.0 Å². The summed E-state index contributed by atoms with van der Waals surface area (Å²) in [5.74, 6) is 1.04. The Morgan fingerprint density at radius 3 is 3.04 bits per heavy atom. The van der Waals surface area contributed by atoms with Gasteiger partial charge in [0.25, 0.3) is 0 Å². The van der Waals surface area contributed by atoms with Gasteiger partial charge in [-0.25, -0.2) is 4.68 Å². The van der Waals surface area contributed by atoms with E-state index in [4.69, 9.17) is 4.42 Å². The summed E-state index contributed by atoms with van der Waals surface area (Å²) in [6.45, 7) is 2.18. The average Bonchev–Trinajstić information content (AvgIpc) is 3.25. The van der Waals surface area contributed by atoms with E-state index >= 15 is 0 Å². The second kappa shape index (κ2) is 7.75. The number of furan rings is 1. The van der Waals surface area contributed by atoms with E-state index in [-0.39, 0.29) is 6.61 Å². The minimum atomic E-state index is -0.0512. The predicted molar refractivity (Wildman–Crippen MR) is 86.9 cm³/mol. The molecule has 0 aliphatic heterocycles. The summed E-state index contributed by atoms with van der Waals surface area (Å²) < 4.78 is 7.34. The Morgan fingerprint density at radius 1 is 1.43 bits per heavy atom. The van der Waals surface area contributed by atoms with Crippen molar-refractivity contribution in [3.8, 4) is 0 Å². The standard InChI is InChI=1S/C17H26N4O2/c1-13(8-9-15-5-4-10-23-15)18-16-6-2-3-7-17(16)21-11-14(12-22)19-20-21/h4-5,10-11,13,16-18,22H,2-3,6-9,12H2,1H3/t13?,16-,17+/m0/s1. The Kier molecular flexibility index (Phi) is 5.46. The fourth-order valence-electron chi connectivity index (χ4n) is 3.43. The zero-order valence-corrected chi connectivity index (χ0v) is 13.7. The van der Waals surface area contributed by atoms with E-state index < -0.39 is 0 Å². The van der Waals surface area contributed by atoms with Gasteiger partial charge < -0.3 is 14.8 Å². The van der Waals surface area contributed by atoms with Gasteiger partial charge in [-0.3, -0.25) is 0 Å². The molecular formula is C17H26N4O2. The van der Waals surface area contributed by atoms with Crippen molar-refractivity contribution >= 4 is 0 Å². The highest BCUT2D eigenvalue weighted by Crippen LogP contribution is 2.28. The molecule has 23 heavy (non-hydrogen) atoms. The van der Waals surface area contributed by atoms with Gasteiger partial charge in [0.1, 0.15) is 11.5 Å². The fourth-order valence-corrected chi connectivity index (χ4v) is 3.43. The molecule has 2 aromatic heterocycles. The van der Waals surface area contributed by atoms with E-state index in [2.05, 4.69) is 22.6 Å². The topological polar surface area (TPSA) is 76.1 Å². The number of aromatic nitrogens is 3. The Hall–Kier alpha value is -1.66. The lowest BCUT2D eigenvalue weighted by Gasteiger charge is -2.34. The maximum absolute atomic E-state index is 9.18. The quantitative estimate of drug-likeness (QED) is 0.820. The SMILES string of the molecule is CC(CCc1ccco1)N[C@H]1CCCC[C@H]1n1cc(CO)nn1. The van der Waals surface area contributed by atoms with Gasteiger partial charge in [-0.15, -0.1) is 5.10 Å². The Labute approximate surface area is 136 Å².